The average molecular weight is 281 g/mol. The molecular formula is C16H31N3O. The maximum Gasteiger partial charge on any atom is 0.0871 e. The molecule has 0 amide bonds. The minimum atomic E-state index is 0.287. The molecule has 2 aliphatic heterocycles. The number of nitrogens with two attached hydrogens (primary N) is 1. The van der Waals surface area contributed by atoms with Crippen molar-refractivity contribution in [2.75, 3.05) is 19.7 Å². The Morgan fingerprint density at radius 2 is 2.20 bits per heavy atom. The van der Waals surface area contributed by atoms with Crippen molar-refractivity contribution in [2.45, 2.75) is 70.1 Å². The summed E-state index contributed by atoms with van der Waals surface area (Å²) < 4.78 is 6.18. The van der Waals surface area contributed by atoms with Crippen LogP contribution in [-0.2, 0) is 4.74 Å². The zero-order chi connectivity index (χ0) is 13.9. The van der Waals surface area contributed by atoms with Crippen molar-refractivity contribution in [3.63, 3.8) is 0 Å². The summed E-state index contributed by atoms with van der Waals surface area (Å²) in [6, 6.07) is 1.02. The molecule has 4 heteroatoms. The lowest BCUT2D eigenvalue weighted by molar-refractivity contribution is -0.0773. The molecule has 3 fully saturated rings. The fourth-order valence-electron chi connectivity index (χ4n) is 4.64. The molecule has 2 saturated heterocycles. The lowest BCUT2D eigenvalue weighted by Crippen LogP contribution is -2.58. The Balaban J connectivity index is 1.60. The largest absolute Gasteiger partial charge is 0.374 e. The van der Waals surface area contributed by atoms with Crippen molar-refractivity contribution in [2.24, 2.45) is 17.7 Å². The monoisotopic (exact) mass is 281 g/mol. The quantitative estimate of drug-likeness (QED) is 0.610. The first-order chi connectivity index (χ1) is 9.81. The zero-order valence-corrected chi connectivity index (χ0v) is 12.9. The maximum absolute atomic E-state index is 6.18. The Morgan fingerprint density at radius 1 is 1.30 bits per heavy atom. The molecule has 20 heavy (non-hydrogen) atoms. The van der Waals surface area contributed by atoms with Gasteiger partial charge in [0.05, 0.1) is 18.8 Å². The summed E-state index contributed by atoms with van der Waals surface area (Å²) in [7, 11) is 0. The molecule has 3 N–H and O–H groups in total. The molecular weight excluding hydrogens is 250 g/mol. The third kappa shape index (κ3) is 3.03. The number of hydrazine groups is 1. The van der Waals surface area contributed by atoms with E-state index in [2.05, 4.69) is 17.2 Å². The molecule has 0 radical (unpaired) electrons. The minimum Gasteiger partial charge on any atom is -0.374 e. The Morgan fingerprint density at radius 3 is 3.00 bits per heavy atom. The molecule has 2 heterocycles. The first-order valence-corrected chi connectivity index (χ1v) is 8.63. The van der Waals surface area contributed by atoms with Crippen LogP contribution in [0.2, 0.25) is 0 Å². The third-order valence-corrected chi connectivity index (χ3v) is 5.92. The number of fused-ring (bicyclic) bond motifs is 1. The summed E-state index contributed by atoms with van der Waals surface area (Å²) >= 11 is 0. The number of nitrogens with one attached hydrogen (secondary N) is 1. The molecule has 5 atom stereocenters. The van der Waals surface area contributed by atoms with E-state index in [4.69, 9.17) is 10.6 Å². The molecule has 0 bridgehead atoms. The van der Waals surface area contributed by atoms with Gasteiger partial charge in [-0.3, -0.25) is 16.2 Å². The highest BCUT2D eigenvalue weighted by Crippen LogP contribution is 2.35. The summed E-state index contributed by atoms with van der Waals surface area (Å²) in [5, 5.41) is 0. The Bertz CT molecular complexity index is 312. The van der Waals surface area contributed by atoms with E-state index in [0.717, 1.165) is 19.1 Å². The SMILES string of the molecule is CCC1CCCC(C(NN)C2CN3CCCC3CO2)C1. The van der Waals surface area contributed by atoms with Crippen LogP contribution in [0.3, 0.4) is 0 Å². The van der Waals surface area contributed by atoms with Crippen LogP contribution >= 0.6 is 0 Å². The molecule has 0 spiro atoms. The first-order valence-electron chi connectivity index (χ1n) is 8.63. The van der Waals surface area contributed by atoms with Gasteiger partial charge in [0.15, 0.2) is 0 Å². The van der Waals surface area contributed by atoms with Crippen molar-refractivity contribution in [1.29, 1.82) is 0 Å². The van der Waals surface area contributed by atoms with E-state index in [1.807, 2.05) is 0 Å². The summed E-state index contributed by atoms with van der Waals surface area (Å²) in [6.45, 7) is 5.56. The molecule has 0 aromatic heterocycles. The minimum absolute atomic E-state index is 0.287. The van der Waals surface area contributed by atoms with Crippen LogP contribution in [0.5, 0.6) is 0 Å². The second-order valence-electron chi connectivity index (χ2n) is 7.06. The van der Waals surface area contributed by atoms with Crippen LogP contribution in [0.4, 0.5) is 0 Å². The highest BCUT2D eigenvalue weighted by molar-refractivity contribution is 4.93. The fraction of sp³-hybridized carbons (Fsp3) is 1.00. The van der Waals surface area contributed by atoms with Crippen LogP contribution in [0, 0.1) is 11.8 Å². The lowest BCUT2D eigenvalue weighted by atomic mass is 9.75. The summed E-state index contributed by atoms with van der Waals surface area (Å²) in [4.78, 5) is 2.62. The van der Waals surface area contributed by atoms with Crippen molar-refractivity contribution in [1.82, 2.24) is 10.3 Å². The van der Waals surface area contributed by atoms with Gasteiger partial charge in [0, 0.05) is 12.6 Å². The van der Waals surface area contributed by atoms with Gasteiger partial charge in [0.25, 0.3) is 0 Å². The van der Waals surface area contributed by atoms with Gasteiger partial charge in [-0.05, 0) is 44.1 Å². The third-order valence-electron chi connectivity index (χ3n) is 5.92. The van der Waals surface area contributed by atoms with Gasteiger partial charge >= 0.3 is 0 Å². The van der Waals surface area contributed by atoms with E-state index < -0.39 is 0 Å². The van der Waals surface area contributed by atoms with Crippen LogP contribution in [0.1, 0.15) is 51.9 Å². The highest BCUT2D eigenvalue weighted by atomic mass is 16.5. The van der Waals surface area contributed by atoms with Gasteiger partial charge in [-0.1, -0.05) is 26.2 Å². The fourth-order valence-corrected chi connectivity index (χ4v) is 4.64. The van der Waals surface area contributed by atoms with Gasteiger partial charge in [0.1, 0.15) is 0 Å². The highest BCUT2D eigenvalue weighted by Gasteiger charge is 2.39. The van der Waals surface area contributed by atoms with Crippen LogP contribution < -0.4 is 11.3 Å². The Hall–Kier alpha value is -0.160. The first kappa shape index (κ1) is 14.8. The molecule has 1 saturated carbocycles. The lowest BCUT2D eigenvalue weighted by Gasteiger charge is -2.43. The number of hydrogen-bond acceptors (Lipinski definition) is 4. The normalized spacial score (nSPS) is 40.5. The van der Waals surface area contributed by atoms with Gasteiger partial charge in [-0.25, -0.2) is 0 Å². The van der Waals surface area contributed by atoms with E-state index in [-0.39, 0.29) is 6.10 Å². The summed E-state index contributed by atoms with van der Waals surface area (Å²) in [5.74, 6) is 7.50. The predicted molar refractivity (Wildman–Crippen MR) is 81.2 cm³/mol. The van der Waals surface area contributed by atoms with Gasteiger partial charge in [-0.2, -0.15) is 0 Å². The number of ether oxygens (including phenoxy) is 1. The van der Waals surface area contributed by atoms with Crippen molar-refractivity contribution < 1.29 is 4.74 Å². The van der Waals surface area contributed by atoms with Crippen molar-refractivity contribution in [3.8, 4) is 0 Å². The molecule has 4 nitrogen and oxygen atoms in total. The molecule has 0 aromatic carbocycles. The van der Waals surface area contributed by atoms with Crippen LogP contribution in [0.25, 0.3) is 0 Å². The standard InChI is InChI=1S/C16H31N3O/c1-2-12-5-3-6-13(9-12)16(18-17)15-10-19-8-4-7-14(19)11-20-15/h12-16,18H,2-11,17H2,1H3. The summed E-state index contributed by atoms with van der Waals surface area (Å²) in [6.07, 6.45) is 9.66. The summed E-state index contributed by atoms with van der Waals surface area (Å²) in [5.41, 5.74) is 3.11. The number of rotatable bonds is 4. The Labute approximate surface area is 123 Å². The van der Waals surface area contributed by atoms with Crippen molar-refractivity contribution in [3.05, 3.63) is 0 Å². The van der Waals surface area contributed by atoms with E-state index in [1.54, 1.807) is 0 Å². The number of hydrogen-bond donors (Lipinski definition) is 2. The molecule has 0 aromatic rings. The second-order valence-corrected chi connectivity index (χ2v) is 7.06. The average Bonchev–Trinajstić information content (AvgIpc) is 2.96. The number of morpholine rings is 1. The van der Waals surface area contributed by atoms with E-state index in [9.17, 15) is 0 Å². The van der Waals surface area contributed by atoms with Crippen molar-refractivity contribution >= 4 is 0 Å². The molecule has 3 rings (SSSR count). The number of nitrogens with zero attached hydrogens (tertiary/aromatic N) is 1. The van der Waals surface area contributed by atoms with Crippen LogP contribution in [-0.4, -0.2) is 42.8 Å². The smallest absolute Gasteiger partial charge is 0.0871 e. The topological polar surface area (TPSA) is 50.5 Å². The van der Waals surface area contributed by atoms with E-state index >= 15 is 0 Å². The van der Waals surface area contributed by atoms with Crippen LogP contribution in [0.15, 0.2) is 0 Å². The van der Waals surface area contributed by atoms with E-state index in [0.29, 0.717) is 18.0 Å². The molecule has 116 valence electrons. The van der Waals surface area contributed by atoms with E-state index in [1.165, 1.54) is 51.5 Å². The second kappa shape index (κ2) is 6.73. The van der Waals surface area contributed by atoms with Gasteiger partial charge in [-0.15, -0.1) is 0 Å². The van der Waals surface area contributed by atoms with Gasteiger partial charge in [0.2, 0.25) is 0 Å². The molecule has 3 aliphatic rings. The molecule has 1 aliphatic carbocycles. The zero-order valence-electron chi connectivity index (χ0n) is 12.9. The Kier molecular flexibility index (Phi) is 4.97. The maximum atomic E-state index is 6.18. The van der Waals surface area contributed by atoms with Gasteiger partial charge < -0.3 is 4.74 Å². The predicted octanol–water partition coefficient (Wildman–Crippen LogP) is 1.90. The molecule has 5 unspecified atom stereocenters.